The van der Waals surface area contributed by atoms with Gasteiger partial charge in [-0.05, 0) is 44.1 Å². The predicted octanol–water partition coefficient (Wildman–Crippen LogP) is 2.35. The van der Waals surface area contributed by atoms with Gasteiger partial charge in [-0.15, -0.1) is 11.3 Å². The third-order valence-corrected chi connectivity index (χ3v) is 6.64. The van der Waals surface area contributed by atoms with E-state index in [0.717, 1.165) is 58.2 Å². The molecule has 1 amide bonds. The minimum atomic E-state index is 0.0963. The standard InChI is InChI=1S/C18H27N3O2S/c1-20-8-15(10-23-9-14-2-3-14)18(12-20)4-6-21(7-5-18)17(22)16-11-24-13-19-16/h11,13-15H,2-10,12H2,1H3/t15-/m1/s1. The lowest BCUT2D eigenvalue weighted by Crippen LogP contribution is -2.47. The van der Waals surface area contributed by atoms with Crippen LogP contribution in [0.1, 0.15) is 36.2 Å². The van der Waals surface area contributed by atoms with Crippen LogP contribution in [0, 0.1) is 17.3 Å². The molecule has 5 nitrogen and oxygen atoms in total. The van der Waals surface area contributed by atoms with Gasteiger partial charge < -0.3 is 14.5 Å². The van der Waals surface area contributed by atoms with Gasteiger partial charge in [-0.1, -0.05) is 0 Å². The molecule has 1 spiro atoms. The minimum Gasteiger partial charge on any atom is -0.381 e. The second kappa shape index (κ2) is 6.73. The van der Waals surface area contributed by atoms with Crippen LogP contribution >= 0.6 is 11.3 Å². The normalized spacial score (nSPS) is 27.0. The summed E-state index contributed by atoms with van der Waals surface area (Å²) >= 11 is 1.49. The summed E-state index contributed by atoms with van der Waals surface area (Å²) in [7, 11) is 2.22. The summed E-state index contributed by atoms with van der Waals surface area (Å²) in [6.07, 6.45) is 4.88. The number of carbonyl (C=O) groups is 1. The highest BCUT2D eigenvalue weighted by atomic mass is 32.1. The van der Waals surface area contributed by atoms with Crippen molar-refractivity contribution < 1.29 is 9.53 Å². The van der Waals surface area contributed by atoms with Crippen molar-refractivity contribution in [2.75, 3.05) is 46.4 Å². The zero-order valence-corrected chi connectivity index (χ0v) is 15.3. The van der Waals surface area contributed by atoms with E-state index in [0.29, 0.717) is 17.0 Å². The number of ether oxygens (including phenoxy) is 1. The number of nitrogens with zero attached hydrogens (tertiary/aromatic N) is 3. The molecular formula is C18H27N3O2S. The van der Waals surface area contributed by atoms with Crippen LogP contribution in [0.25, 0.3) is 0 Å². The molecular weight excluding hydrogens is 322 g/mol. The van der Waals surface area contributed by atoms with Gasteiger partial charge in [0.25, 0.3) is 5.91 Å². The van der Waals surface area contributed by atoms with Crippen molar-refractivity contribution in [2.24, 2.45) is 17.3 Å². The number of hydrogen-bond acceptors (Lipinski definition) is 5. The monoisotopic (exact) mass is 349 g/mol. The second-order valence-electron chi connectivity index (χ2n) is 7.90. The molecule has 3 fully saturated rings. The number of piperidine rings is 1. The second-order valence-corrected chi connectivity index (χ2v) is 8.62. The van der Waals surface area contributed by atoms with Gasteiger partial charge >= 0.3 is 0 Å². The van der Waals surface area contributed by atoms with Crippen molar-refractivity contribution in [3.8, 4) is 0 Å². The van der Waals surface area contributed by atoms with Gasteiger partial charge in [0.1, 0.15) is 5.69 Å². The Bertz CT molecular complexity index is 565. The lowest BCUT2D eigenvalue weighted by atomic mass is 9.71. The highest BCUT2D eigenvalue weighted by Crippen LogP contribution is 2.44. The van der Waals surface area contributed by atoms with E-state index < -0.39 is 0 Å². The summed E-state index contributed by atoms with van der Waals surface area (Å²) in [5.74, 6) is 1.54. The van der Waals surface area contributed by atoms with Crippen LogP contribution in [-0.4, -0.2) is 67.1 Å². The van der Waals surface area contributed by atoms with E-state index in [4.69, 9.17) is 4.74 Å². The van der Waals surface area contributed by atoms with Crippen molar-refractivity contribution >= 4 is 17.2 Å². The first-order valence-corrected chi connectivity index (χ1v) is 10.0. The first kappa shape index (κ1) is 16.5. The first-order chi connectivity index (χ1) is 11.7. The molecule has 1 saturated carbocycles. The third kappa shape index (κ3) is 3.37. The van der Waals surface area contributed by atoms with Crippen LogP contribution in [0.4, 0.5) is 0 Å². The number of thiazole rings is 1. The number of likely N-dealkylation sites (tertiary alicyclic amines) is 2. The fourth-order valence-electron chi connectivity index (χ4n) is 4.39. The van der Waals surface area contributed by atoms with Crippen molar-refractivity contribution in [3.05, 3.63) is 16.6 Å². The Morgan fingerprint density at radius 3 is 2.83 bits per heavy atom. The Balaban J connectivity index is 1.35. The zero-order chi connectivity index (χ0) is 16.6. The molecule has 0 unspecified atom stereocenters. The van der Waals surface area contributed by atoms with E-state index in [9.17, 15) is 4.79 Å². The number of hydrogen-bond donors (Lipinski definition) is 0. The third-order valence-electron chi connectivity index (χ3n) is 6.05. The molecule has 2 aliphatic heterocycles. The van der Waals surface area contributed by atoms with E-state index in [2.05, 4.69) is 16.9 Å². The summed E-state index contributed by atoms with van der Waals surface area (Å²) in [5, 5.41) is 1.85. The Hall–Kier alpha value is -0.980. The Morgan fingerprint density at radius 2 is 2.17 bits per heavy atom. The molecule has 3 heterocycles. The molecule has 0 aromatic carbocycles. The van der Waals surface area contributed by atoms with E-state index >= 15 is 0 Å². The quantitative estimate of drug-likeness (QED) is 0.819. The largest absolute Gasteiger partial charge is 0.381 e. The number of carbonyl (C=O) groups excluding carboxylic acids is 1. The van der Waals surface area contributed by atoms with Gasteiger partial charge in [0, 0.05) is 44.1 Å². The fraction of sp³-hybridized carbons (Fsp3) is 0.778. The smallest absolute Gasteiger partial charge is 0.273 e. The molecule has 1 aliphatic carbocycles. The predicted molar refractivity (Wildman–Crippen MR) is 94.2 cm³/mol. The van der Waals surface area contributed by atoms with Gasteiger partial charge in [-0.2, -0.15) is 0 Å². The first-order valence-electron chi connectivity index (χ1n) is 9.10. The maximum atomic E-state index is 12.5. The summed E-state index contributed by atoms with van der Waals surface area (Å²) < 4.78 is 6.03. The van der Waals surface area contributed by atoms with Crippen LogP contribution in [0.5, 0.6) is 0 Å². The highest BCUT2D eigenvalue weighted by molar-refractivity contribution is 7.07. The SMILES string of the molecule is CN1C[C@H](COCC2CC2)C2(CCN(C(=O)c3cscn3)CC2)C1. The van der Waals surface area contributed by atoms with Crippen molar-refractivity contribution in [3.63, 3.8) is 0 Å². The van der Waals surface area contributed by atoms with Crippen molar-refractivity contribution in [1.82, 2.24) is 14.8 Å². The average molecular weight is 350 g/mol. The summed E-state index contributed by atoms with van der Waals surface area (Å²) in [6, 6.07) is 0. The molecule has 1 aromatic rings. The Labute approximate surface area is 148 Å². The summed E-state index contributed by atoms with van der Waals surface area (Å²) in [6.45, 7) is 5.81. The van der Waals surface area contributed by atoms with Gasteiger partial charge in [0.15, 0.2) is 0 Å². The van der Waals surface area contributed by atoms with Crippen LogP contribution in [-0.2, 0) is 4.74 Å². The number of amides is 1. The van der Waals surface area contributed by atoms with E-state index in [-0.39, 0.29) is 5.91 Å². The molecule has 24 heavy (non-hydrogen) atoms. The fourth-order valence-corrected chi connectivity index (χ4v) is 4.92. The lowest BCUT2D eigenvalue weighted by molar-refractivity contribution is 0.0179. The molecule has 1 atom stereocenters. The average Bonchev–Trinajstić information content (AvgIpc) is 3.14. The van der Waals surface area contributed by atoms with Gasteiger partial charge in [-0.3, -0.25) is 4.79 Å². The molecule has 3 aliphatic rings. The molecule has 6 heteroatoms. The Kier molecular flexibility index (Phi) is 4.62. The van der Waals surface area contributed by atoms with Gasteiger partial charge in [0.05, 0.1) is 12.1 Å². The molecule has 2 saturated heterocycles. The topological polar surface area (TPSA) is 45.7 Å². The zero-order valence-electron chi connectivity index (χ0n) is 14.4. The molecule has 0 bridgehead atoms. The highest BCUT2D eigenvalue weighted by Gasteiger charge is 2.47. The number of aromatic nitrogens is 1. The molecule has 132 valence electrons. The van der Waals surface area contributed by atoms with E-state index in [1.54, 1.807) is 5.51 Å². The van der Waals surface area contributed by atoms with E-state index in [1.165, 1.54) is 24.2 Å². The van der Waals surface area contributed by atoms with Gasteiger partial charge in [0.2, 0.25) is 0 Å². The minimum absolute atomic E-state index is 0.0963. The lowest BCUT2D eigenvalue weighted by Gasteiger charge is -2.42. The van der Waals surface area contributed by atoms with Crippen LogP contribution in [0.15, 0.2) is 10.9 Å². The maximum absolute atomic E-state index is 12.5. The summed E-state index contributed by atoms with van der Waals surface area (Å²) in [5.41, 5.74) is 2.67. The van der Waals surface area contributed by atoms with Crippen LogP contribution < -0.4 is 0 Å². The molecule has 4 rings (SSSR count). The molecule has 0 radical (unpaired) electrons. The maximum Gasteiger partial charge on any atom is 0.273 e. The summed E-state index contributed by atoms with van der Waals surface area (Å²) in [4.78, 5) is 21.1. The molecule has 0 N–H and O–H groups in total. The number of rotatable bonds is 5. The van der Waals surface area contributed by atoms with Crippen LogP contribution in [0.3, 0.4) is 0 Å². The van der Waals surface area contributed by atoms with Crippen LogP contribution in [0.2, 0.25) is 0 Å². The Morgan fingerprint density at radius 1 is 1.38 bits per heavy atom. The van der Waals surface area contributed by atoms with Crippen molar-refractivity contribution in [1.29, 1.82) is 0 Å². The molecule has 1 aromatic heterocycles. The van der Waals surface area contributed by atoms with E-state index in [1.807, 2.05) is 10.3 Å². The van der Waals surface area contributed by atoms with Crippen molar-refractivity contribution in [2.45, 2.75) is 25.7 Å². The van der Waals surface area contributed by atoms with Gasteiger partial charge in [-0.25, -0.2) is 4.98 Å².